The Morgan fingerprint density at radius 1 is 1.33 bits per heavy atom. The Kier molecular flexibility index (Phi) is 4.75. The molecule has 0 aliphatic carbocycles. The van der Waals surface area contributed by atoms with Gasteiger partial charge in [-0.1, -0.05) is 13.8 Å². The van der Waals surface area contributed by atoms with Crippen LogP contribution in [-0.2, 0) is 0 Å². The minimum atomic E-state index is 0.687. The Morgan fingerprint density at radius 3 is 2.56 bits per heavy atom. The Hall–Kier alpha value is -0.460. The molecule has 2 heterocycles. The van der Waals surface area contributed by atoms with Crippen LogP contribution in [0.25, 0.3) is 0 Å². The van der Waals surface area contributed by atoms with Crippen molar-refractivity contribution in [2.24, 2.45) is 5.92 Å². The van der Waals surface area contributed by atoms with E-state index in [0.29, 0.717) is 5.82 Å². The van der Waals surface area contributed by atoms with Crippen LogP contribution >= 0.6 is 23.3 Å². The molecule has 2 rings (SSSR count). The predicted octanol–water partition coefficient (Wildman–Crippen LogP) is 2.23. The topological polar surface area (TPSA) is 45.4 Å². The number of rotatable bonds is 4. The second kappa shape index (κ2) is 6.12. The van der Waals surface area contributed by atoms with E-state index in [-0.39, 0.29) is 0 Å². The summed E-state index contributed by atoms with van der Waals surface area (Å²) < 4.78 is 4.27. The molecule has 1 aliphatic heterocycles. The molecule has 18 heavy (non-hydrogen) atoms. The highest BCUT2D eigenvalue weighted by Crippen LogP contribution is 2.37. The van der Waals surface area contributed by atoms with Crippen molar-refractivity contribution in [1.82, 2.24) is 9.27 Å². The third kappa shape index (κ3) is 3.10. The van der Waals surface area contributed by atoms with E-state index < -0.39 is 0 Å². The van der Waals surface area contributed by atoms with Crippen LogP contribution in [-0.4, -0.2) is 48.3 Å². The van der Waals surface area contributed by atoms with E-state index in [1.54, 1.807) is 11.8 Å². The first-order valence-corrected chi connectivity index (χ1v) is 8.38. The van der Waals surface area contributed by atoms with Gasteiger partial charge < -0.3 is 10.6 Å². The molecule has 1 aromatic rings. The number of nitrogen functional groups attached to an aromatic ring is 1. The highest BCUT2D eigenvalue weighted by Gasteiger charge is 2.22. The maximum atomic E-state index is 5.89. The molecule has 0 unspecified atom stereocenters. The summed E-state index contributed by atoms with van der Waals surface area (Å²) in [5, 5.41) is 1.25. The normalized spacial score (nSPS) is 17.7. The van der Waals surface area contributed by atoms with Crippen LogP contribution in [0.15, 0.2) is 4.90 Å². The van der Waals surface area contributed by atoms with E-state index in [2.05, 4.69) is 34.3 Å². The minimum Gasteiger partial charge on any atom is -0.382 e. The monoisotopic (exact) mass is 286 g/mol. The molecule has 1 aromatic heterocycles. The van der Waals surface area contributed by atoms with Crippen LogP contribution in [0.5, 0.6) is 0 Å². The average molecular weight is 286 g/mol. The summed E-state index contributed by atoms with van der Waals surface area (Å²) in [7, 11) is 0. The van der Waals surface area contributed by atoms with Crippen molar-refractivity contribution < 1.29 is 0 Å². The van der Waals surface area contributed by atoms with Crippen LogP contribution in [0.3, 0.4) is 0 Å². The summed E-state index contributed by atoms with van der Waals surface area (Å²) in [5.41, 5.74) is 5.89. The molecule has 4 nitrogen and oxygen atoms in total. The van der Waals surface area contributed by atoms with Gasteiger partial charge in [0.05, 0.1) is 4.90 Å². The first-order valence-electron chi connectivity index (χ1n) is 6.38. The molecular weight excluding hydrogens is 264 g/mol. The summed E-state index contributed by atoms with van der Waals surface area (Å²) in [6, 6.07) is 0. The van der Waals surface area contributed by atoms with E-state index in [4.69, 9.17) is 5.73 Å². The summed E-state index contributed by atoms with van der Waals surface area (Å²) in [6.45, 7) is 10.2. The van der Waals surface area contributed by atoms with Crippen molar-refractivity contribution in [2.45, 2.75) is 18.7 Å². The predicted molar refractivity (Wildman–Crippen MR) is 81.8 cm³/mol. The number of nitrogens with two attached hydrogens (primary N) is 1. The summed E-state index contributed by atoms with van der Waals surface area (Å²) in [4.78, 5) is 6.12. The lowest BCUT2D eigenvalue weighted by molar-refractivity contribution is 0.231. The third-order valence-corrected chi connectivity index (χ3v) is 5.01. The smallest absolute Gasteiger partial charge is 0.153 e. The van der Waals surface area contributed by atoms with Crippen LogP contribution < -0.4 is 10.6 Å². The second-order valence-electron chi connectivity index (χ2n) is 5.09. The zero-order valence-electron chi connectivity index (χ0n) is 11.3. The lowest BCUT2D eigenvalue weighted by Crippen LogP contribution is -2.47. The standard InChI is InChI=1S/C12H22N4S2/c1-9(2)8-15-4-6-16(7-5-15)12-10(17-3)11(13)14-18-12/h9H,4-8H2,1-3H3,(H2,13,14). The van der Waals surface area contributed by atoms with Gasteiger partial charge in [0.15, 0.2) is 5.82 Å². The maximum absolute atomic E-state index is 5.89. The van der Waals surface area contributed by atoms with Crippen molar-refractivity contribution in [2.75, 3.05) is 49.6 Å². The molecule has 0 bridgehead atoms. The van der Waals surface area contributed by atoms with Gasteiger partial charge in [0.25, 0.3) is 0 Å². The molecular formula is C12H22N4S2. The van der Waals surface area contributed by atoms with Gasteiger partial charge in [0.1, 0.15) is 5.00 Å². The van der Waals surface area contributed by atoms with Gasteiger partial charge in [-0.25, -0.2) is 0 Å². The van der Waals surface area contributed by atoms with Crippen LogP contribution in [0, 0.1) is 5.92 Å². The Morgan fingerprint density at radius 2 is 2.00 bits per heavy atom. The zero-order chi connectivity index (χ0) is 13.1. The van der Waals surface area contributed by atoms with Gasteiger partial charge >= 0.3 is 0 Å². The van der Waals surface area contributed by atoms with Crippen LogP contribution in [0.4, 0.5) is 10.8 Å². The number of anilines is 2. The van der Waals surface area contributed by atoms with E-state index in [1.165, 1.54) is 23.1 Å². The van der Waals surface area contributed by atoms with Crippen LogP contribution in [0.1, 0.15) is 13.8 Å². The van der Waals surface area contributed by atoms with Crippen molar-refractivity contribution >= 4 is 34.1 Å². The lowest BCUT2D eigenvalue weighted by Gasteiger charge is -2.36. The van der Waals surface area contributed by atoms with Crippen molar-refractivity contribution in [3.05, 3.63) is 0 Å². The zero-order valence-corrected chi connectivity index (χ0v) is 13.0. The molecule has 0 atom stereocenters. The van der Waals surface area contributed by atoms with Crippen molar-refractivity contribution in [3.63, 3.8) is 0 Å². The van der Waals surface area contributed by atoms with Gasteiger partial charge in [-0.3, -0.25) is 4.90 Å². The van der Waals surface area contributed by atoms with Crippen molar-refractivity contribution in [3.8, 4) is 0 Å². The largest absolute Gasteiger partial charge is 0.382 e. The molecule has 0 spiro atoms. The maximum Gasteiger partial charge on any atom is 0.153 e. The highest BCUT2D eigenvalue weighted by molar-refractivity contribution is 7.99. The van der Waals surface area contributed by atoms with E-state index in [1.807, 2.05) is 0 Å². The van der Waals surface area contributed by atoms with Gasteiger partial charge in [-0.2, -0.15) is 4.37 Å². The van der Waals surface area contributed by atoms with Gasteiger partial charge in [-0.05, 0) is 23.7 Å². The lowest BCUT2D eigenvalue weighted by atomic mass is 10.2. The van der Waals surface area contributed by atoms with E-state index >= 15 is 0 Å². The number of hydrogen-bond donors (Lipinski definition) is 1. The Labute approximate surface area is 118 Å². The van der Waals surface area contributed by atoms with Gasteiger partial charge in [0.2, 0.25) is 0 Å². The fourth-order valence-electron chi connectivity index (χ4n) is 2.33. The molecule has 0 saturated carbocycles. The molecule has 2 N–H and O–H groups in total. The third-order valence-electron chi connectivity index (χ3n) is 3.14. The fraction of sp³-hybridized carbons (Fsp3) is 0.750. The summed E-state index contributed by atoms with van der Waals surface area (Å²) in [6.07, 6.45) is 2.07. The summed E-state index contributed by atoms with van der Waals surface area (Å²) in [5.74, 6) is 1.43. The average Bonchev–Trinajstić information content (AvgIpc) is 2.70. The van der Waals surface area contributed by atoms with E-state index in [0.717, 1.165) is 37.0 Å². The number of thioether (sulfide) groups is 1. The van der Waals surface area contributed by atoms with Crippen molar-refractivity contribution in [1.29, 1.82) is 0 Å². The quantitative estimate of drug-likeness (QED) is 0.860. The highest BCUT2D eigenvalue weighted by atomic mass is 32.2. The van der Waals surface area contributed by atoms with Gasteiger partial charge in [0, 0.05) is 32.7 Å². The Balaban J connectivity index is 1.97. The molecule has 1 saturated heterocycles. The first kappa shape index (κ1) is 14.0. The molecule has 102 valence electrons. The van der Waals surface area contributed by atoms with Gasteiger partial charge in [-0.15, -0.1) is 11.8 Å². The molecule has 0 aromatic carbocycles. The number of nitrogens with zero attached hydrogens (tertiary/aromatic N) is 3. The second-order valence-corrected chi connectivity index (χ2v) is 6.66. The van der Waals surface area contributed by atoms with Crippen LogP contribution in [0.2, 0.25) is 0 Å². The molecule has 0 amide bonds. The number of hydrogen-bond acceptors (Lipinski definition) is 6. The minimum absolute atomic E-state index is 0.687. The molecule has 1 aliphatic rings. The molecule has 1 fully saturated rings. The fourth-order valence-corrected chi connectivity index (χ4v) is 4.07. The molecule has 6 heteroatoms. The summed E-state index contributed by atoms with van der Waals surface area (Å²) >= 11 is 3.24. The molecule has 0 radical (unpaired) electrons. The SMILES string of the molecule is CSc1c(N)nsc1N1CCN(CC(C)C)CC1. The first-order chi connectivity index (χ1) is 8.61. The Bertz CT molecular complexity index is 383. The number of aromatic nitrogens is 1. The van der Waals surface area contributed by atoms with E-state index in [9.17, 15) is 0 Å². The number of piperazine rings is 1.